The van der Waals surface area contributed by atoms with Crippen molar-refractivity contribution in [2.45, 2.75) is 11.3 Å². The number of halogens is 1. The minimum Gasteiger partial charge on any atom is -0.329 e. The van der Waals surface area contributed by atoms with Gasteiger partial charge in [-0.05, 0) is 24.3 Å². The molecule has 8 heteroatoms. The van der Waals surface area contributed by atoms with E-state index in [-0.39, 0.29) is 5.56 Å². The van der Waals surface area contributed by atoms with Gasteiger partial charge in [0.15, 0.2) is 0 Å². The summed E-state index contributed by atoms with van der Waals surface area (Å²) in [6, 6.07) is 12.3. The molecule has 2 atom stereocenters. The van der Waals surface area contributed by atoms with E-state index in [1.54, 1.807) is 12.3 Å². The highest BCUT2D eigenvalue weighted by Crippen LogP contribution is 2.43. The molecule has 5 rings (SSSR count). The summed E-state index contributed by atoms with van der Waals surface area (Å²) >= 11 is 1.18. The van der Waals surface area contributed by atoms with Crippen molar-refractivity contribution in [3.8, 4) is 6.07 Å². The average molecular weight is 416 g/mol. The molecule has 3 amide bonds. The van der Waals surface area contributed by atoms with Crippen LogP contribution >= 0.6 is 11.8 Å². The lowest BCUT2D eigenvalue weighted by Gasteiger charge is -2.33. The summed E-state index contributed by atoms with van der Waals surface area (Å²) in [5.74, 6) is -0.879. The number of benzene rings is 2. The largest absolute Gasteiger partial charge is 0.329 e. The van der Waals surface area contributed by atoms with Gasteiger partial charge in [-0.1, -0.05) is 24.3 Å². The van der Waals surface area contributed by atoms with Crippen LogP contribution in [-0.4, -0.2) is 28.2 Å². The van der Waals surface area contributed by atoms with Crippen LogP contribution in [0.2, 0.25) is 0 Å². The quantitative estimate of drug-likeness (QED) is 0.686. The Morgan fingerprint density at radius 3 is 2.83 bits per heavy atom. The predicted molar refractivity (Wildman–Crippen MR) is 112 cm³/mol. The fraction of sp³-hybridized carbons (Fsp3) is 0.0909. The first-order chi connectivity index (χ1) is 14.6. The van der Waals surface area contributed by atoms with E-state index in [0.29, 0.717) is 16.2 Å². The van der Waals surface area contributed by atoms with Gasteiger partial charge in [-0.2, -0.15) is 5.26 Å². The smallest absolute Gasteiger partial charge is 0.329 e. The number of thioether (sulfide) groups is 1. The Morgan fingerprint density at radius 1 is 1.17 bits per heavy atom. The number of anilines is 1. The van der Waals surface area contributed by atoms with Crippen LogP contribution in [0.1, 0.15) is 11.1 Å². The van der Waals surface area contributed by atoms with Gasteiger partial charge in [0.2, 0.25) is 0 Å². The molecule has 2 aliphatic heterocycles. The Hall–Kier alpha value is -3.70. The van der Waals surface area contributed by atoms with Crippen LogP contribution in [0.25, 0.3) is 15.7 Å². The highest BCUT2D eigenvalue weighted by molar-refractivity contribution is 8.09. The van der Waals surface area contributed by atoms with Crippen LogP contribution in [0.5, 0.6) is 0 Å². The van der Waals surface area contributed by atoms with Crippen LogP contribution < -0.4 is 10.2 Å². The zero-order valence-electron chi connectivity index (χ0n) is 15.4. The number of nitrogens with zero attached hydrogens (tertiary/aromatic N) is 3. The molecule has 3 heterocycles. The number of hydrogen-bond donors (Lipinski definition) is 1. The molecule has 1 saturated heterocycles. The van der Waals surface area contributed by atoms with Gasteiger partial charge in [0.25, 0.3) is 5.91 Å². The normalized spacial score (nSPS) is 20.5. The molecule has 0 saturated carbocycles. The van der Waals surface area contributed by atoms with Gasteiger partial charge in [0, 0.05) is 27.4 Å². The van der Waals surface area contributed by atoms with Crippen LogP contribution in [0.4, 0.5) is 14.9 Å². The number of aromatic nitrogens is 1. The third-order valence-corrected chi connectivity index (χ3v) is 6.48. The van der Waals surface area contributed by atoms with E-state index < -0.39 is 29.0 Å². The Balaban J connectivity index is 1.51. The number of amides is 3. The summed E-state index contributed by atoms with van der Waals surface area (Å²) in [6.45, 7) is 0. The van der Waals surface area contributed by atoms with Crippen molar-refractivity contribution >= 4 is 45.1 Å². The molecule has 1 fully saturated rings. The van der Waals surface area contributed by atoms with Crippen molar-refractivity contribution in [1.29, 1.82) is 5.26 Å². The van der Waals surface area contributed by atoms with Crippen molar-refractivity contribution in [2.75, 3.05) is 4.90 Å². The first kappa shape index (κ1) is 18.3. The number of carbonyl (C=O) groups is 2. The number of nitrogens with one attached hydrogen (secondary N) is 1. The number of carbonyl (C=O) groups excluding carboxylic acids is 2. The highest BCUT2D eigenvalue weighted by Gasteiger charge is 2.45. The first-order valence-corrected chi connectivity index (χ1v) is 10.0. The Bertz CT molecular complexity index is 1290. The number of hydrogen-bond acceptors (Lipinski definition) is 5. The van der Waals surface area contributed by atoms with Crippen LogP contribution in [-0.2, 0) is 4.79 Å². The van der Waals surface area contributed by atoms with Crippen molar-refractivity contribution in [1.82, 2.24) is 10.3 Å². The van der Waals surface area contributed by atoms with Gasteiger partial charge in [-0.3, -0.25) is 9.78 Å². The van der Waals surface area contributed by atoms with E-state index in [2.05, 4.69) is 10.3 Å². The Kier molecular flexibility index (Phi) is 4.26. The Morgan fingerprint density at radius 2 is 2.00 bits per heavy atom. The lowest BCUT2D eigenvalue weighted by Crippen LogP contribution is -2.60. The number of rotatable bonds is 2. The molecule has 0 bridgehead atoms. The predicted octanol–water partition coefficient (Wildman–Crippen LogP) is 3.83. The molecule has 2 aliphatic rings. The first-order valence-electron chi connectivity index (χ1n) is 9.12. The molecule has 0 aliphatic carbocycles. The topological polar surface area (TPSA) is 86.1 Å². The second kappa shape index (κ2) is 6.97. The number of imide groups is 1. The SMILES string of the molecule is N#Cc1ccc(F)c(C2=CC3NC(=O)N(c4cncc5ccccc45)C(=O)C3S2)c1. The monoisotopic (exact) mass is 416 g/mol. The van der Waals surface area contributed by atoms with E-state index in [1.165, 1.54) is 36.2 Å². The fourth-order valence-electron chi connectivity index (χ4n) is 3.70. The summed E-state index contributed by atoms with van der Waals surface area (Å²) in [5, 5.41) is 12.8. The van der Waals surface area contributed by atoms with Crippen LogP contribution in [0.15, 0.2) is 60.9 Å². The second-order valence-electron chi connectivity index (χ2n) is 6.90. The number of pyridine rings is 1. The van der Waals surface area contributed by atoms with Gasteiger partial charge < -0.3 is 5.32 Å². The van der Waals surface area contributed by atoms with E-state index in [9.17, 15) is 14.0 Å². The molecule has 2 unspecified atom stereocenters. The van der Waals surface area contributed by atoms with E-state index in [0.717, 1.165) is 15.7 Å². The molecular weight excluding hydrogens is 403 g/mol. The maximum atomic E-state index is 14.4. The summed E-state index contributed by atoms with van der Waals surface area (Å²) in [7, 11) is 0. The van der Waals surface area contributed by atoms with Gasteiger partial charge in [0.1, 0.15) is 11.1 Å². The maximum absolute atomic E-state index is 14.4. The average Bonchev–Trinajstić information content (AvgIpc) is 3.18. The summed E-state index contributed by atoms with van der Waals surface area (Å²) in [5.41, 5.74) is 0.969. The second-order valence-corrected chi connectivity index (χ2v) is 8.09. The van der Waals surface area contributed by atoms with Crippen molar-refractivity contribution in [3.05, 3.63) is 77.9 Å². The fourth-order valence-corrected chi connectivity index (χ4v) is 4.98. The maximum Gasteiger partial charge on any atom is 0.329 e. The lowest BCUT2D eigenvalue weighted by molar-refractivity contribution is -0.118. The molecule has 3 aromatic rings. The van der Waals surface area contributed by atoms with Crippen molar-refractivity contribution < 1.29 is 14.0 Å². The Labute approximate surface area is 175 Å². The lowest BCUT2D eigenvalue weighted by atomic mass is 10.1. The van der Waals surface area contributed by atoms with E-state index >= 15 is 0 Å². The minimum absolute atomic E-state index is 0.244. The van der Waals surface area contributed by atoms with Gasteiger partial charge >= 0.3 is 6.03 Å². The number of fused-ring (bicyclic) bond motifs is 2. The van der Waals surface area contributed by atoms with Crippen molar-refractivity contribution in [3.63, 3.8) is 0 Å². The zero-order chi connectivity index (χ0) is 20.8. The molecule has 1 N–H and O–H groups in total. The minimum atomic E-state index is -0.637. The van der Waals surface area contributed by atoms with Gasteiger partial charge in [-0.25, -0.2) is 14.1 Å². The molecule has 6 nitrogen and oxygen atoms in total. The van der Waals surface area contributed by atoms with Crippen LogP contribution in [0.3, 0.4) is 0 Å². The van der Waals surface area contributed by atoms with E-state index in [1.807, 2.05) is 30.3 Å². The number of urea groups is 1. The zero-order valence-corrected chi connectivity index (χ0v) is 16.2. The van der Waals surface area contributed by atoms with Crippen molar-refractivity contribution in [2.24, 2.45) is 0 Å². The molecule has 2 aromatic carbocycles. The van der Waals surface area contributed by atoms with Gasteiger partial charge in [0.05, 0.1) is 29.6 Å². The molecule has 146 valence electrons. The van der Waals surface area contributed by atoms with Gasteiger partial charge in [-0.15, -0.1) is 11.8 Å². The molecule has 1 aromatic heterocycles. The molecule has 30 heavy (non-hydrogen) atoms. The standard InChI is InChI=1S/C22H13FN4O2S/c23-16-6-5-12(9-24)7-15(16)19-8-17-20(30-19)21(28)27(22(29)26-17)18-11-25-10-13-3-1-2-4-14(13)18/h1-8,10-11,17,20H,(H,26,29). The van der Waals surface area contributed by atoms with Crippen LogP contribution in [0, 0.1) is 17.1 Å². The number of nitriles is 1. The molecule has 0 spiro atoms. The van der Waals surface area contributed by atoms with E-state index in [4.69, 9.17) is 5.26 Å². The summed E-state index contributed by atoms with van der Waals surface area (Å²) < 4.78 is 14.4. The third-order valence-electron chi connectivity index (χ3n) is 5.12. The summed E-state index contributed by atoms with van der Waals surface area (Å²) in [6.07, 6.45) is 4.83. The third kappa shape index (κ3) is 2.83. The molecule has 0 radical (unpaired) electrons. The molecular formula is C22H13FN4O2S. The summed E-state index contributed by atoms with van der Waals surface area (Å²) in [4.78, 5) is 31.9. The highest BCUT2D eigenvalue weighted by atomic mass is 32.2.